The summed E-state index contributed by atoms with van der Waals surface area (Å²) in [7, 11) is 3.08. The molecule has 0 heterocycles. The van der Waals surface area contributed by atoms with Crippen molar-refractivity contribution in [3.63, 3.8) is 0 Å². The summed E-state index contributed by atoms with van der Waals surface area (Å²) in [4.78, 5) is 23.8. The van der Waals surface area contributed by atoms with Crippen LogP contribution >= 0.6 is 12.2 Å². The Morgan fingerprint density at radius 3 is 2.21 bits per heavy atom. The molecular weight excluding hydrogens is 382 g/mol. The standard InChI is InChI=1S/C19H21N3O5S/c1-25-14-9-7-13(8-10-14)11-17(23)20-19(28)22-21-18(24)12-27-16-6-4-3-5-15(16)26-2/h3-10H,11-12H2,1-2H3,(H,21,24)(H2,20,22,23,28). The van der Waals surface area contributed by atoms with E-state index in [-0.39, 0.29) is 24.0 Å². The fourth-order valence-electron chi connectivity index (χ4n) is 2.17. The minimum Gasteiger partial charge on any atom is -0.497 e. The van der Waals surface area contributed by atoms with Crippen LogP contribution in [0.4, 0.5) is 0 Å². The smallest absolute Gasteiger partial charge is 0.276 e. The van der Waals surface area contributed by atoms with E-state index in [9.17, 15) is 9.59 Å². The maximum absolute atomic E-state index is 12.0. The Labute approximate surface area is 168 Å². The zero-order valence-corrected chi connectivity index (χ0v) is 16.3. The molecule has 0 bridgehead atoms. The molecule has 0 saturated heterocycles. The molecule has 0 aliphatic heterocycles. The highest BCUT2D eigenvalue weighted by molar-refractivity contribution is 7.80. The first-order chi connectivity index (χ1) is 13.5. The third-order valence-corrected chi connectivity index (χ3v) is 3.72. The lowest BCUT2D eigenvalue weighted by atomic mass is 10.1. The summed E-state index contributed by atoms with van der Waals surface area (Å²) >= 11 is 4.98. The number of para-hydroxylation sites is 2. The molecular formula is C19H21N3O5S. The van der Waals surface area contributed by atoms with Gasteiger partial charge in [0.2, 0.25) is 5.91 Å². The molecule has 2 aromatic rings. The number of ether oxygens (including phenoxy) is 3. The van der Waals surface area contributed by atoms with E-state index in [1.165, 1.54) is 7.11 Å². The van der Waals surface area contributed by atoms with Gasteiger partial charge in [-0.25, -0.2) is 0 Å². The Bertz CT molecular complexity index is 827. The second-order valence-corrected chi connectivity index (χ2v) is 5.92. The van der Waals surface area contributed by atoms with E-state index in [1.807, 2.05) is 0 Å². The maximum Gasteiger partial charge on any atom is 0.276 e. The molecule has 148 valence electrons. The van der Waals surface area contributed by atoms with Crippen LogP contribution in [0.1, 0.15) is 5.56 Å². The van der Waals surface area contributed by atoms with Crippen LogP contribution in [0.15, 0.2) is 48.5 Å². The Morgan fingerprint density at radius 2 is 1.57 bits per heavy atom. The van der Waals surface area contributed by atoms with Gasteiger partial charge < -0.3 is 19.5 Å². The summed E-state index contributed by atoms with van der Waals surface area (Å²) in [6.07, 6.45) is 0.136. The Hall–Kier alpha value is -3.33. The van der Waals surface area contributed by atoms with Crippen LogP contribution in [0, 0.1) is 0 Å². The maximum atomic E-state index is 12.0. The molecule has 3 N–H and O–H groups in total. The first-order valence-electron chi connectivity index (χ1n) is 8.29. The van der Waals surface area contributed by atoms with Crippen molar-refractivity contribution in [2.24, 2.45) is 0 Å². The van der Waals surface area contributed by atoms with Crippen LogP contribution in [0.3, 0.4) is 0 Å². The zero-order chi connectivity index (χ0) is 20.4. The molecule has 2 amide bonds. The second-order valence-electron chi connectivity index (χ2n) is 5.51. The minimum atomic E-state index is -0.474. The van der Waals surface area contributed by atoms with Gasteiger partial charge >= 0.3 is 0 Å². The summed E-state index contributed by atoms with van der Waals surface area (Å²) in [5.41, 5.74) is 5.60. The molecule has 0 aliphatic carbocycles. The summed E-state index contributed by atoms with van der Waals surface area (Å²) in [5, 5.41) is 2.46. The van der Waals surface area contributed by atoms with E-state index in [4.69, 9.17) is 26.4 Å². The van der Waals surface area contributed by atoms with Gasteiger partial charge in [-0.1, -0.05) is 24.3 Å². The average molecular weight is 403 g/mol. The first-order valence-corrected chi connectivity index (χ1v) is 8.70. The topological polar surface area (TPSA) is 97.9 Å². The third kappa shape index (κ3) is 6.76. The van der Waals surface area contributed by atoms with Crippen molar-refractivity contribution in [2.75, 3.05) is 20.8 Å². The summed E-state index contributed by atoms with van der Waals surface area (Å²) in [6, 6.07) is 14.1. The van der Waals surface area contributed by atoms with Gasteiger partial charge in [0.1, 0.15) is 5.75 Å². The van der Waals surface area contributed by atoms with Crippen molar-refractivity contribution < 1.29 is 23.8 Å². The van der Waals surface area contributed by atoms with Gasteiger partial charge in [-0.05, 0) is 42.0 Å². The number of benzene rings is 2. The molecule has 0 radical (unpaired) electrons. The van der Waals surface area contributed by atoms with Crippen molar-refractivity contribution in [1.29, 1.82) is 0 Å². The Balaban J connectivity index is 1.70. The lowest BCUT2D eigenvalue weighted by Crippen LogP contribution is -2.49. The predicted octanol–water partition coefficient (Wildman–Crippen LogP) is 1.35. The monoisotopic (exact) mass is 403 g/mol. The van der Waals surface area contributed by atoms with Crippen LogP contribution < -0.4 is 30.4 Å². The zero-order valence-electron chi connectivity index (χ0n) is 15.5. The van der Waals surface area contributed by atoms with Gasteiger partial charge in [-0.3, -0.25) is 20.4 Å². The molecule has 28 heavy (non-hydrogen) atoms. The number of carbonyl (C=O) groups excluding carboxylic acids is 2. The van der Waals surface area contributed by atoms with Crippen molar-refractivity contribution >= 4 is 29.1 Å². The molecule has 0 spiro atoms. The van der Waals surface area contributed by atoms with Gasteiger partial charge in [-0.2, -0.15) is 0 Å². The fraction of sp³-hybridized carbons (Fsp3) is 0.211. The summed E-state index contributed by atoms with van der Waals surface area (Å²) < 4.78 is 15.6. The highest BCUT2D eigenvalue weighted by atomic mass is 32.1. The second kappa shape index (κ2) is 10.7. The molecule has 0 aromatic heterocycles. The van der Waals surface area contributed by atoms with Crippen LogP contribution in [0.25, 0.3) is 0 Å². The van der Waals surface area contributed by atoms with Crippen LogP contribution in [0.5, 0.6) is 17.2 Å². The van der Waals surface area contributed by atoms with Crippen LogP contribution in [-0.2, 0) is 16.0 Å². The highest BCUT2D eigenvalue weighted by Crippen LogP contribution is 2.25. The molecule has 0 saturated carbocycles. The van der Waals surface area contributed by atoms with Crippen molar-refractivity contribution in [3.8, 4) is 17.2 Å². The molecule has 9 heteroatoms. The molecule has 8 nitrogen and oxygen atoms in total. The van der Waals surface area contributed by atoms with Gasteiger partial charge in [0.25, 0.3) is 5.91 Å². The number of hydrazine groups is 1. The van der Waals surface area contributed by atoms with Crippen molar-refractivity contribution in [2.45, 2.75) is 6.42 Å². The van der Waals surface area contributed by atoms with Gasteiger partial charge in [0, 0.05) is 0 Å². The normalized spacial score (nSPS) is 9.79. The number of rotatable bonds is 7. The third-order valence-electron chi connectivity index (χ3n) is 3.52. The average Bonchev–Trinajstić information content (AvgIpc) is 2.71. The quantitative estimate of drug-likeness (QED) is 0.474. The molecule has 0 aliphatic rings. The number of amides is 2. The lowest BCUT2D eigenvalue weighted by molar-refractivity contribution is -0.124. The Morgan fingerprint density at radius 1 is 0.893 bits per heavy atom. The largest absolute Gasteiger partial charge is 0.497 e. The number of carbonyl (C=O) groups is 2. The van der Waals surface area contributed by atoms with E-state index < -0.39 is 5.91 Å². The summed E-state index contributed by atoms with van der Waals surface area (Å²) in [5.74, 6) is 0.874. The van der Waals surface area contributed by atoms with Crippen LogP contribution in [-0.4, -0.2) is 37.8 Å². The lowest BCUT2D eigenvalue weighted by Gasteiger charge is -2.12. The minimum absolute atomic E-state index is 0.0239. The number of hydrogen-bond donors (Lipinski definition) is 3. The molecule has 0 fully saturated rings. The number of methoxy groups -OCH3 is 2. The van der Waals surface area contributed by atoms with E-state index in [0.717, 1.165) is 5.56 Å². The van der Waals surface area contributed by atoms with Crippen molar-refractivity contribution in [3.05, 3.63) is 54.1 Å². The Kier molecular flexibility index (Phi) is 8.04. The first kappa shape index (κ1) is 21.0. The number of hydrogen-bond acceptors (Lipinski definition) is 6. The molecule has 2 rings (SSSR count). The molecule has 0 atom stereocenters. The van der Waals surface area contributed by atoms with E-state index >= 15 is 0 Å². The van der Waals surface area contributed by atoms with E-state index in [2.05, 4.69) is 16.2 Å². The highest BCUT2D eigenvalue weighted by Gasteiger charge is 2.09. The van der Waals surface area contributed by atoms with Crippen molar-refractivity contribution in [1.82, 2.24) is 16.2 Å². The predicted molar refractivity (Wildman–Crippen MR) is 107 cm³/mol. The van der Waals surface area contributed by atoms with E-state index in [0.29, 0.717) is 17.2 Å². The van der Waals surface area contributed by atoms with E-state index in [1.54, 1.807) is 55.6 Å². The number of thiocarbonyl (C=S) groups is 1. The number of nitrogens with one attached hydrogen (secondary N) is 3. The fourth-order valence-corrected chi connectivity index (χ4v) is 2.34. The van der Waals surface area contributed by atoms with Gasteiger partial charge in [0.05, 0.1) is 20.6 Å². The summed E-state index contributed by atoms with van der Waals surface area (Å²) in [6.45, 7) is -0.254. The molecule has 0 unspecified atom stereocenters. The van der Waals surface area contributed by atoms with Crippen LogP contribution in [0.2, 0.25) is 0 Å². The van der Waals surface area contributed by atoms with Gasteiger partial charge in [0.15, 0.2) is 23.2 Å². The van der Waals surface area contributed by atoms with Gasteiger partial charge in [-0.15, -0.1) is 0 Å². The SMILES string of the molecule is COc1ccc(CC(=O)NC(=S)NNC(=O)COc2ccccc2OC)cc1. The molecule has 2 aromatic carbocycles.